The maximum atomic E-state index is 12.8. The third kappa shape index (κ3) is 2.23. The molecule has 3 heteroatoms. The van der Waals surface area contributed by atoms with Gasteiger partial charge in [-0.25, -0.2) is 0 Å². The Morgan fingerprint density at radius 3 is 2.53 bits per heavy atom. The van der Waals surface area contributed by atoms with E-state index in [1.165, 1.54) is 0 Å². The molecule has 2 fully saturated rings. The SMILES string of the molecule is N#CCCN(C(=O)C1(c2ccccc2)CC1)C1CC1. The van der Waals surface area contributed by atoms with Crippen LogP contribution in [-0.2, 0) is 10.2 Å². The van der Waals surface area contributed by atoms with Crippen molar-refractivity contribution < 1.29 is 4.79 Å². The van der Waals surface area contributed by atoms with E-state index in [-0.39, 0.29) is 11.3 Å². The fraction of sp³-hybridized carbons (Fsp3) is 0.500. The minimum absolute atomic E-state index is 0.247. The lowest BCUT2D eigenvalue weighted by Gasteiger charge is -2.27. The Hall–Kier alpha value is -1.82. The van der Waals surface area contributed by atoms with E-state index < -0.39 is 0 Å². The summed E-state index contributed by atoms with van der Waals surface area (Å²) in [6, 6.07) is 12.6. The molecule has 1 aromatic rings. The van der Waals surface area contributed by atoms with Gasteiger partial charge in [-0.3, -0.25) is 4.79 Å². The molecule has 0 unspecified atom stereocenters. The van der Waals surface area contributed by atoms with Gasteiger partial charge in [-0.1, -0.05) is 30.3 Å². The van der Waals surface area contributed by atoms with Crippen molar-refractivity contribution in [3.05, 3.63) is 35.9 Å². The van der Waals surface area contributed by atoms with Crippen LogP contribution in [0.3, 0.4) is 0 Å². The number of nitrogens with zero attached hydrogens (tertiary/aromatic N) is 2. The monoisotopic (exact) mass is 254 g/mol. The van der Waals surface area contributed by atoms with Crippen molar-refractivity contribution in [2.75, 3.05) is 6.54 Å². The normalized spacial score (nSPS) is 19.5. The van der Waals surface area contributed by atoms with Crippen molar-refractivity contribution in [1.82, 2.24) is 4.90 Å². The van der Waals surface area contributed by atoms with E-state index in [9.17, 15) is 4.79 Å². The van der Waals surface area contributed by atoms with Gasteiger partial charge in [0.1, 0.15) is 0 Å². The summed E-state index contributed by atoms with van der Waals surface area (Å²) in [6.45, 7) is 0.592. The molecule has 0 atom stereocenters. The van der Waals surface area contributed by atoms with Crippen molar-refractivity contribution in [2.45, 2.75) is 43.6 Å². The van der Waals surface area contributed by atoms with Crippen molar-refractivity contribution in [3.63, 3.8) is 0 Å². The molecule has 2 aliphatic carbocycles. The van der Waals surface area contributed by atoms with Gasteiger partial charge >= 0.3 is 0 Å². The van der Waals surface area contributed by atoms with Crippen LogP contribution in [0.1, 0.15) is 37.7 Å². The molecule has 0 bridgehead atoms. The van der Waals surface area contributed by atoms with Crippen molar-refractivity contribution >= 4 is 5.91 Å². The average molecular weight is 254 g/mol. The molecule has 0 spiro atoms. The van der Waals surface area contributed by atoms with Crippen LogP contribution >= 0.6 is 0 Å². The largest absolute Gasteiger partial charge is 0.338 e. The summed E-state index contributed by atoms with van der Waals surface area (Å²) < 4.78 is 0. The Bertz CT molecular complexity index is 509. The minimum atomic E-state index is -0.278. The van der Waals surface area contributed by atoms with Gasteiger partial charge in [0.25, 0.3) is 0 Å². The first-order chi connectivity index (χ1) is 9.28. The van der Waals surface area contributed by atoms with E-state index in [4.69, 9.17) is 5.26 Å². The molecule has 1 aromatic carbocycles. The Morgan fingerprint density at radius 1 is 1.32 bits per heavy atom. The van der Waals surface area contributed by atoms with Gasteiger partial charge in [0.15, 0.2) is 0 Å². The lowest BCUT2D eigenvalue weighted by Crippen LogP contribution is -2.41. The highest BCUT2D eigenvalue weighted by Gasteiger charge is 2.54. The molecule has 19 heavy (non-hydrogen) atoms. The Balaban J connectivity index is 1.80. The van der Waals surface area contributed by atoms with Crippen molar-refractivity contribution in [3.8, 4) is 6.07 Å². The Kier molecular flexibility index (Phi) is 3.02. The van der Waals surface area contributed by atoms with Crippen LogP contribution in [0.25, 0.3) is 0 Å². The first-order valence-electron chi connectivity index (χ1n) is 7.01. The summed E-state index contributed by atoms with van der Waals surface area (Å²) in [5, 5.41) is 8.75. The van der Waals surface area contributed by atoms with Crippen LogP contribution in [0, 0.1) is 11.3 Å². The second-order valence-electron chi connectivity index (χ2n) is 5.59. The van der Waals surface area contributed by atoms with Crippen LogP contribution in [0.5, 0.6) is 0 Å². The number of hydrogen-bond acceptors (Lipinski definition) is 2. The lowest BCUT2D eigenvalue weighted by atomic mass is 9.94. The maximum Gasteiger partial charge on any atom is 0.233 e. The fourth-order valence-corrected chi connectivity index (χ4v) is 2.79. The van der Waals surface area contributed by atoms with Crippen molar-refractivity contribution in [2.24, 2.45) is 0 Å². The van der Waals surface area contributed by atoms with Gasteiger partial charge in [-0.2, -0.15) is 5.26 Å². The predicted octanol–water partition coefficient (Wildman–Crippen LogP) is 2.62. The quantitative estimate of drug-likeness (QED) is 0.810. The molecule has 1 amide bonds. The zero-order valence-corrected chi connectivity index (χ0v) is 11.0. The summed E-state index contributed by atoms with van der Waals surface area (Å²) in [7, 11) is 0. The molecule has 2 aliphatic rings. The molecule has 98 valence electrons. The van der Waals surface area contributed by atoms with Crippen LogP contribution in [0.15, 0.2) is 30.3 Å². The molecule has 0 radical (unpaired) electrons. The number of nitriles is 1. The molecule has 2 saturated carbocycles. The zero-order chi connectivity index (χ0) is 13.3. The maximum absolute atomic E-state index is 12.8. The molecule has 0 aromatic heterocycles. The fourth-order valence-electron chi connectivity index (χ4n) is 2.79. The Morgan fingerprint density at radius 2 is 2.00 bits per heavy atom. The van der Waals surface area contributed by atoms with Gasteiger partial charge in [0.05, 0.1) is 17.9 Å². The highest BCUT2D eigenvalue weighted by Crippen LogP contribution is 2.50. The zero-order valence-electron chi connectivity index (χ0n) is 11.0. The van der Waals surface area contributed by atoms with Gasteiger partial charge in [0.2, 0.25) is 5.91 Å². The third-order valence-electron chi connectivity index (χ3n) is 4.20. The number of carbonyl (C=O) groups excluding carboxylic acids is 1. The highest BCUT2D eigenvalue weighted by atomic mass is 16.2. The first kappa shape index (κ1) is 12.2. The van der Waals surface area contributed by atoms with Crippen molar-refractivity contribution in [1.29, 1.82) is 5.26 Å². The average Bonchev–Trinajstić information content (AvgIpc) is 3.33. The van der Waals surface area contributed by atoms with Gasteiger partial charge in [0, 0.05) is 12.6 Å². The number of carbonyl (C=O) groups is 1. The van der Waals surface area contributed by atoms with E-state index >= 15 is 0 Å². The Labute approximate surface area is 113 Å². The van der Waals surface area contributed by atoms with Gasteiger partial charge < -0.3 is 4.90 Å². The number of rotatable bonds is 5. The summed E-state index contributed by atoms with van der Waals surface area (Å²) in [4.78, 5) is 14.8. The number of amides is 1. The number of hydrogen-bond donors (Lipinski definition) is 0. The molecular weight excluding hydrogens is 236 g/mol. The summed E-state index contributed by atoms with van der Waals surface area (Å²) >= 11 is 0. The standard InChI is InChI=1S/C16H18N2O/c17-11-4-12-18(14-7-8-14)15(19)16(9-10-16)13-5-2-1-3-6-13/h1-3,5-6,14H,4,7-10,12H2. The summed E-state index contributed by atoms with van der Waals surface area (Å²) in [5.74, 6) is 0.247. The predicted molar refractivity (Wildman–Crippen MR) is 72.3 cm³/mol. The van der Waals surface area contributed by atoms with Crippen LogP contribution in [-0.4, -0.2) is 23.4 Å². The van der Waals surface area contributed by atoms with E-state index in [2.05, 4.69) is 18.2 Å². The molecule has 0 heterocycles. The number of benzene rings is 1. The van der Waals surface area contributed by atoms with E-state index in [1.54, 1.807) is 0 Å². The van der Waals surface area contributed by atoms with Gasteiger partial charge in [-0.15, -0.1) is 0 Å². The van der Waals surface area contributed by atoms with Crippen LogP contribution < -0.4 is 0 Å². The second kappa shape index (κ2) is 4.70. The van der Waals surface area contributed by atoms with E-state index in [0.29, 0.717) is 19.0 Å². The molecule has 3 rings (SSSR count). The highest BCUT2D eigenvalue weighted by molar-refractivity contribution is 5.91. The van der Waals surface area contributed by atoms with Gasteiger partial charge in [-0.05, 0) is 31.2 Å². The molecule has 0 saturated heterocycles. The molecular formula is C16H18N2O. The van der Waals surface area contributed by atoms with E-state index in [1.807, 2.05) is 23.1 Å². The molecule has 3 nitrogen and oxygen atoms in total. The smallest absolute Gasteiger partial charge is 0.233 e. The summed E-state index contributed by atoms with van der Waals surface area (Å²) in [5.41, 5.74) is 0.863. The summed E-state index contributed by atoms with van der Waals surface area (Å²) in [6.07, 6.45) is 4.54. The molecule has 0 aliphatic heterocycles. The third-order valence-corrected chi connectivity index (χ3v) is 4.20. The minimum Gasteiger partial charge on any atom is -0.338 e. The molecule has 0 N–H and O–H groups in total. The lowest BCUT2D eigenvalue weighted by molar-refractivity contribution is -0.134. The second-order valence-corrected chi connectivity index (χ2v) is 5.59. The first-order valence-corrected chi connectivity index (χ1v) is 7.01. The van der Waals surface area contributed by atoms with Crippen LogP contribution in [0.2, 0.25) is 0 Å². The van der Waals surface area contributed by atoms with Crippen LogP contribution in [0.4, 0.5) is 0 Å². The van der Waals surface area contributed by atoms with E-state index in [0.717, 1.165) is 31.2 Å². The topological polar surface area (TPSA) is 44.1 Å².